The molecule has 1 amide bonds. The molecule has 0 aliphatic carbocycles. The molecule has 7 nitrogen and oxygen atoms in total. The third kappa shape index (κ3) is 4.32. The third-order valence-corrected chi connectivity index (χ3v) is 3.13. The lowest BCUT2D eigenvalue weighted by Crippen LogP contribution is -2.30. The van der Waals surface area contributed by atoms with Crippen LogP contribution in [-0.4, -0.2) is 37.2 Å². The van der Waals surface area contributed by atoms with Gasteiger partial charge in [-0.1, -0.05) is 11.2 Å². The van der Waals surface area contributed by atoms with E-state index in [4.69, 9.17) is 9.26 Å². The lowest BCUT2D eigenvalue weighted by Gasteiger charge is -2.15. The first-order valence-corrected chi connectivity index (χ1v) is 7.09. The zero-order valence-corrected chi connectivity index (χ0v) is 13.5. The second-order valence-electron chi connectivity index (χ2n) is 5.30. The van der Waals surface area contributed by atoms with Crippen LogP contribution < -0.4 is 10.2 Å². The predicted molar refractivity (Wildman–Crippen MR) is 85.5 cm³/mol. The Labute approximate surface area is 134 Å². The molecular weight excluding hydrogens is 298 g/mol. The fraction of sp³-hybridized carbons (Fsp3) is 0.312. The van der Waals surface area contributed by atoms with Gasteiger partial charge in [-0.05, 0) is 32.0 Å². The summed E-state index contributed by atoms with van der Waals surface area (Å²) >= 11 is 0. The Kier molecular flexibility index (Phi) is 5.00. The van der Waals surface area contributed by atoms with Gasteiger partial charge in [0.2, 0.25) is 0 Å². The van der Waals surface area contributed by atoms with Gasteiger partial charge in [0.1, 0.15) is 5.76 Å². The number of ether oxygens (including phenoxy) is 1. The van der Waals surface area contributed by atoms with Gasteiger partial charge in [-0.25, -0.2) is 4.79 Å². The van der Waals surface area contributed by atoms with E-state index < -0.39 is 18.0 Å². The molecular formula is C16H19N3O4. The number of hydrogen-bond donors (Lipinski definition) is 1. The van der Waals surface area contributed by atoms with Gasteiger partial charge in [0, 0.05) is 25.8 Å². The monoisotopic (exact) mass is 317 g/mol. The van der Waals surface area contributed by atoms with Crippen LogP contribution in [0.3, 0.4) is 0 Å². The normalized spacial score (nSPS) is 11.7. The minimum absolute atomic E-state index is 0.282. The second-order valence-corrected chi connectivity index (χ2v) is 5.30. The fourth-order valence-electron chi connectivity index (χ4n) is 1.85. The fourth-order valence-corrected chi connectivity index (χ4v) is 1.85. The number of carbonyl (C=O) groups is 2. The van der Waals surface area contributed by atoms with E-state index in [1.54, 1.807) is 31.2 Å². The molecule has 0 saturated carbocycles. The molecule has 1 unspecified atom stereocenters. The summed E-state index contributed by atoms with van der Waals surface area (Å²) in [5.41, 5.74) is 1.25. The van der Waals surface area contributed by atoms with Crippen LogP contribution in [0.15, 0.2) is 34.9 Å². The summed E-state index contributed by atoms with van der Waals surface area (Å²) in [5, 5.41) is 6.17. The topological polar surface area (TPSA) is 84.7 Å². The molecule has 0 bridgehead atoms. The number of aryl methyl sites for hydroxylation is 1. The summed E-state index contributed by atoms with van der Waals surface area (Å²) in [6.45, 7) is 3.21. The molecule has 2 aromatic rings. The maximum Gasteiger partial charge on any atom is 0.338 e. The number of benzene rings is 1. The van der Waals surface area contributed by atoms with Gasteiger partial charge in [0.25, 0.3) is 5.91 Å². The maximum absolute atomic E-state index is 12.1. The molecule has 1 aromatic carbocycles. The van der Waals surface area contributed by atoms with Crippen LogP contribution in [0.5, 0.6) is 0 Å². The van der Waals surface area contributed by atoms with Crippen molar-refractivity contribution in [3.05, 3.63) is 41.7 Å². The van der Waals surface area contributed by atoms with Crippen molar-refractivity contribution in [2.45, 2.75) is 20.0 Å². The minimum Gasteiger partial charge on any atom is -0.449 e. The zero-order chi connectivity index (χ0) is 17.0. The standard InChI is InChI=1S/C16H19N3O4/c1-10-8-14(18-23-10)17-15(20)11(2)22-16(21)12-6-5-7-13(9-12)19(3)4/h5-9,11H,1-4H3,(H,17,18,20). The largest absolute Gasteiger partial charge is 0.449 e. The van der Waals surface area contributed by atoms with Crippen LogP contribution in [0.1, 0.15) is 23.0 Å². The van der Waals surface area contributed by atoms with Gasteiger partial charge in [-0.3, -0.25) is 4.79 Å². The van der Waals surface area contributed by atoms with Crippen LogP contribution in [-0.2, 0) is 9.53 Å². The van der Waals surface area contributed by atoms with Crippen molar-refractivity contribution in [1.82, 2.24) is 5.16 Å². The number of nitrogens with zero attached hydrogens (tertiary/aromatic N) is 2. The molecule has 0 spiro atoms. The van der Waals surface area contributed by atoms with Gasteiger partial charge in [0.15, 0.2) is 11.9 Å². The molecule has 1 heterocycles. The number of esters is 1. The van der Waals surface area contributed by atoms with E-state index in [9.17, 15) is 9.59 Å². The second kappa shape index (κ2) is 6.95. The summed E-state index contributed by atoms with van der Waals surface area (Å²) in [5.74, 6) is -0.182. The molecule has 0 saturated heterocycles. The Balaban J connectivity index is 1.98. The van der Waals surface area contributed by atoms with E-state index in [0.717, 1.165) is 5.69 Å². The van der Waals surface area contributed by atoms with Crippen molar-refractivity contribution in [1.29, 1.82) is 0 Å². The van der Waals surface area contributed by atoms with Crippen molar-refractivity contribution >= 4 is 23.4 Å². The number of rotatable bonds is 5. The first-order valence-electron chi connectivity index (χ1n) is 7.09. The summed E-state index contributed by atoms with van der Waals surface area (Å²) < 4.78 is 10.0. The molecule has 1 aromatic heterocycles. The summed E-state index contributed by atoms with van der Waals surface area (Å²) in [7, 11) is 3.75. The van der Waals surface area contributed by atoms with Gasteiger partial charge >= 0.3 is 5.97 Å². The van der Waals surface area contributed by atoms with E-state index in [-0.39, 0.29) is 5.82 Å². The summed E-state index contributed by atoms with van der Waals surface area (Å²) in [6.07, 6.45) is -0.956. The van der Waals surface area contributed by atoms with Crippen molar-refractivity contribution in [3.8, 4) is 0 Å². The van der Waals surface area contributed by atoms with E-state index in [0.29, 0.717) is 11.3 Å². The van der Waals surface area contributed by atoms with Gasteiger partial charge in [-0.2, -0.15) is 0 Å². The van der Waals surface area contributed by atoms with E-state index in [2.05, 4.69) is 10.5 Å². The predicted octanol–water partition coefficient (Wildman–Crippen LogP) is 2.23. The highest BCUT2D eigenvalue weighted by Gasteiger charge is 2.20. The quantitative estimate of drug-likeness (QED) is 0.851. The highest BCUT2D eigenvalue weighted by atomic mass is 16.5. The Morgan fingerprint density at radius 3 is 2.65 bits per heavy atom. The van der Waals surface area contributed by atoms with Crippen LogP contribution >= 0.6 is 0 Å². The molecule has 23 heavy (non-hydrogen) atoms. The lowest BCUT2D eigenvalue weighted by atomic mass is 10.2. The Bertz CT molecular complexity index is 709. The molecule has 1 N–H and O–H groups in total. The maximum atomic E-state index is 12.1. The number of aromatic nitrogens is 1. The van der Waals surface area contributed by atoms with Gasteiger partial charge < -0.3 is 19.5 Å². The SMILES string of the molecule is Cc1cc(NC(=O)C(C)OC(=O)c2cccc(N(C)C)c2)no1. The first kappa shape index (κ1) is 16.5. The molecule has 2 rings (SSSR count). The lowest BCUT2D eigenvalue weighted by molar-refractivity contribution is -0.123. The van der Waals surface area contributed by atoms with Gasteiger partial charge in [0.05, 0.1) is 5.56 Å². The molecule has 0 radical (unpaired) electrons. The Hall–Kier alpha value is -2.83. The molecule has 0 aliphatic heterocycles. The Morgan fingerprint density at radius 1 is 1.30 bits per heavy atom. The Morgan fingerprint density at radius 2 is 2.04 bits per heavy atom. The highest BCUT2D eigenvalue weighted by Crippen LogP contribution is 2.15. The zero-order valence-electron chi connectivity index (χ0n) is 13.5. The van der Waals surface area contributed by atoms with E-state index in [1.807, 2.05) is 25.1 Å². The van der Waals surface area contributed by atoms with E-state index >= 15 is 0 Å². The average Bonchev–Trinajstić information content (AvgIpc) is 2.92. The van der Waals surface area contributed by atoms with E-state index in [1.165, 1.54) is 6.92 Å². The number of nitrogens with one attached hydrogen (secondary N) is 1. The minimum atomic E-state index is -0.956. The smallest absolute Gasteiger partial charge is 0.338 e. The van der Waals surface area contributed by atoms with Crippen molar-refractivity contribution in [3.63, 3.8) is 0 Å². The summed E-state index contributed by atoms with van der Waals surface area (Å²) in [6, 6.07) is 8.55. The molecule has 7 heteroatoms. The number of anilines is 2. The first-order chi connectivity index (χ1) is 10.9. The number of carbonyl (C=O) groups excluding carboxylic acids is 2. The van der Waals surface area contributed by atoms with Crippen molar-refractivity contribution in [2.24, 2.45) is 0 Å². The van der Waals surface area contributed by atoms with Crippen molar-refractivity contribution < 1.29 is 18.8 Å². The molecule has 0 fully saturated rings. The van der Waals surface area contributed by atoms with Crippen LogP contribution in [0.2, 0.25) is 0 Å². The van der Waals surface area contributed by atoms with Crippen molar-refractivity contribution in [2.75, 3.05) is 24.3 Å². The highest BCUT2D eigenvalue weighted by molar-refractivity contribution is 5.97. The summed E-state index contributed by atoms with van der Waals surface area (Å²) in [4.78, 5) is 26.0. The van der Waals surface area contributed by atoms with Crippen LogP contribution in [0.25, 0.3) is 0 Å². The average molecular weight is 317 g/mol. The number of hydrogen-bond acceptors (Lipinski definition) is 6. The number of amides is 1. The molecule has 1 atom stereocenters. The van der Waals surface area contributed by atoms with Gasteiger partial charge in [-0.15, -0.1) is 0 Å². The van der Waals surface area contributed by atoms with Crippen LogP contribution in [0, 0.1) is 6.92 Å². The third-order valence-electron chi connectivity index (χ3n) is 3.13. The molecule has 122 valence electrons. The molecule has 0 aliphatic rings. The van der Waals surface area contributed by atoms with Crippen LogP contribution in [0.4, 0.5) is 11.5 Å².